The minimum Gasteiger partial charge on any atom is -0.313 e. The summed E-state index contributed by atoms with van der Waals surface area (Å²) in [5.74, 6) is 0.0847. The van der Waals surface area contributed by atoms with Crippen LogP contribution in [0.1, 0.15) is 18.4 Å². The van der Waals surface area contributed by atoms with Gasteiger partial charge in [0.2, 0.25) is 10.0 Å². The molecule has 1 saturated carbocycles. The van der Waals surface area contributed by atoms with Gasteiger partial charge in [0.25, 0.3) is 0 Å². The van der Waals surface area contributed by atoms with Crippen molar-refractivity contribution in [2.45, 2.75) is 24.3 Å². The molecular weight excluding hydrogens is 286 g/mol. The lowest BCUT2D eigenvalue weighted by Crippen LogP contribution is -2.52. The van der Waals surface area contributed by atoms with E-state index >= 15 is 0 Å². The summed E-state index contributed by atoms with van der Waals surface area (Å²) in [6.45, 7) is 0.418. The molecule has 1 aromatic rings. The zero-order valence-corrected chi connectivity index (χ0v) is 13.2. The number of sulfonamides is 1. The van der Waals surface area contributed by atoms with Crippen molar-refractivity contribution in [2.75, 3.05) is 26.4 Å². The standard InChI is InChI=1S/C15H21N3O2S/c1-18(2)21(19,20)9-8-17-14-10-15(11-14,12-16)13-6-4-3-5-7-13/h3-7,14,17H,8-11H2,1-2H3. The Morgan fingerprint density at radius 3 is 2.48 bits per heavy atom. The molecule has 2 rings (SSSR count). The molecule has 0 saturated heterocycles. The maximum absolute atomic E-state index is 11.7. The lowest BCUT2D eigenvalue weighted by molar-refractivity contribution is 0.230. The maximum Gasteiger partial charge on any atom is 0.214 e. The number of benzene rings is 1. The molecule has 1 fully saturated rings. The molecule has 0 radical (unpaired) electrons. The van der Waals surface area contributed by atoms with Gasteiger partial charge < -0.3 is 5.32 Å². The topological polar surface area (TPSA) is 73.2 Å². The summed E-state index contributed by atoms with van der Waals surface area (Å²) in [5, 5.41) is 12.7. The lowest BCUT2D eigenvalue weighted by atomic mass is 9.62. The van der Waals surface area contributed by atoms with Crippen molar-refractivity contribution in [1.82, 2.24) is 9.62 Å². The first-order valence-corrected chi connectivity index (χ1v) is 8.61. The Hall–Kier alpha value is -1.42. The molecule has 114 valence electrons. The van der Waals surface area contributed by atoms with Gasteiger partial charge >= 0.3 is 0 Å². The van der Waals surface area contributed by atoms with E-state index in [1.165, 1.54) is 18.4 Å². The van der Waals surface area contributed by atoms with Crippen LogP contribution in [0.25, 0.3) is 0 Å². The van der Waals surface area contributed by atoms with Crippen LogP contribution < -0.4 is 5.32 Å². The molecule has 0 spiro atoms. The first-order chi connectivity index (χ1) is 9.89. The molecule has 1 aromatic carbocycles. The maximum atomic E-state index is 11.7. The van der Waals surface area contributed by atoms with Crippen LogP contribution in [0.3, 0.4) is 0 Å². The highest BCUT2D eigenvalue weighted by Gasteiger charge is 2.45. The minimum atomic E-state index is -3.16. The fourth-order valence-electron chi connectivity index (χ4n) is 2.65. The lowest BCUT2D eigenvalue weighted by Gasteiger charge is -2.43. The van der Waals surface area contributed by atoms with Crippen molar-refractivity contribution >= 4 is 10.0 Å². The number of hydrogen-bond donors (Lipinski definition) is 1. The third kappa shape index (κ3) is 3.43. The SMILES string of the molecule is CN(C)S(=O)(=O)CCNC1CC(C#N)(c2ccccc2)C1. The van der Waals surface area contributed by atoms with Crippen LogP contribution in [-0.2, 0) is 15.4 Å². The molecule has 1 N–H and O–H groups in total. The summed E-state index contributed by atoms with van der Waals surface area (Å²) in [6, 6.07) is 12.4. The summed E-state index contributed by atoms with van der Waals surface area (Å²) in [4.78, 5) is 0. The van der Waals surface area contributed by atoms with Crippen LogP contribution in [-0.4, -0.2) is 45.2 Å². The normalized spacial score (nSPS) is 25.3. The number of nitrogens with one attached hydrogen (secondary N) is 1. The summed E-state index contributed by atoms with van der Waals surface area (Å²) in [6.07, 6.45) is 1.46. The van der Waals surface area contributed by atoms with Gasteiger partial charge in [-0.1, -0.05) is 30.3 Å². The average molecular weight is 307 g/mol. The Balaban J connectivity index is 1.85. The largest absolute Gasteiger partial charge is 0.313 e. The molecular formula is C15H21N3O2S. The van der Waals surface area contributed by atoms with Crippen LogP contribution in [0, 0.1) is 11.3 Å². The molecule has 0 atom stereocenters. The van der Waals surface area contributed by atoms with Gasteiger partial charge in [0.05, 0.1) is 17.2 Å². The van der Waals surface area contributed by atoms with E-state index in [1.54, 1.807) is 0 Å². The van der Waals surface area contributed by atoms with Gasteiger partial charge in [-0.05, 0) is 18.4 Å². The minimum absolute atomic E-state index is 0.0847. The van der Waals surface area contributed by atoms with Crippen molar-refractivity contribution in [3.8, 4) is 6.07 Å². The zero-order valence-electron chi connectivity index (χ0n) is 12.4. The molecule has 0 unspecified atom stereocenters. The van der Waals surface area contributed by atoms with Crippen molar-refractivity contribution in [3.63, 3.8) is 0 Å². The fourth-order valence-corrected chi connectivity index (χ4v) is 3.39. The molecule has 0 aliphatic heterocycles. The third-order valence-electron chi connectivity index (χ3n) is 4.08. The molecule has 1 aliphatic rings. The van der Waals surface area contributed by atoms with Crippen molar-refractivity contribution in [2.24, 2.45) is 0 Å². The van der Waals surface area contributed by atoms with Gasteiger partial charge in [0.1, 0.15) is 0 Å². The number of nitriles is 1. The monoisotopic (exact) mass is 307 g/mol. The summed E-state index contributed by atoms with van der Waals surface area (Å²) < 4.78 is 24.5. The molecule has 0 bridgehead atoms. The quantitative estimate of drug-likeness (QED) is 0.854. The van der Waals surface area contributed by atoms with Crippen molar-refractivity contribution in [1.29, 1.82) is 5.26 Å². The first kappa shape index (κ1) is 16.0. The van der Waals surface area contributed by atoms with Crippen LogP contribution in [0.15, 0.2) is 30.3 Å². The molecule has 0 amide bonds. The van der Waals surface area contributed by atoms with E-state index in [1.807, 2.05) is 30.3 Å². The Morgan fingerprint density at radius 1 is 1.33 bits per heavy atom. The van der Waals surface area contributed by atoms with Crippen LogP contribution >= 0.6 is 0 Å². The first-order valence-electron chi connectivity index (χ1n) is 7.00. The Bertz CT molecular complexity index is 614. The molecule has 6 heteroatoms. The Kier molecular flexibility index (Phi) is 4.67. The van der Waals surface area contributed by atoms with E-state index in [-0.39, 0.29) is 11.8 Å². The average Bonchev–Trinajstić information content (AvgIpc) is 2.42. The van der Waals surface area contributed by atoms with E-state index in [4.69, 9.17) is 0 Å². The molecule has 0 heterocycles. The molecule has 5 nitrogen and oxygen atoms in total. The van der Waals surface area contributed by atoms with Crippen LogP contribution in [0.5, 0.6) is 0 Å². The van der Waals surface area contributed by atoms with Crippen molar-refractivity contribution < 1.29 is 8.42 Å². The summed E-state index contributed by atoms with van der Waals surface area (Å²) in [7, 11) is -0.0856. The Labute approximate surface area is 126 Å². The van der Waals surface area contributed by atoms with E-state index in [2.05, 4.69) is 11.4 Å². The van der Waals surface area contributed by atoms with Gasteiger partial charge in [-0.2, -0.15) is 5.26 Å². The molecule has 1 aliphatic carbocycles. The highest BCUT2D eigenvalue weighted by molar-refractivity contribution is 7.89. The number of hydrogen-bond acceptors (Lipinski definition) is 4. The van der Waals surface area contributed by atoms with Crippen LogP contribution in [0.4, 0.5) is 0 Å². The van der Waals surface area contributed by atoms with E-state index in [0.29, 0.717) is 6.54 Å². The fraction of sp³-hybridized carbons (Fsp3) is 0.533. The van der Waals surface area contributed by atoms with Gasteiger partial charge in [-0.3, -0.25) is 0 Å². The number of nitrogens with zero attached hydrogens (tertiary/aromatic N) is 2. The molecule has 0 aromatic heterocycles. The second-order valence-electron chi connectivity index (χ2n) is 5.72. The highest BCUT2D eigenvalue weighted by atomic mass is 32.2. The summed E-state index contributed by atoms with van der Waals surface area (Å²) in [5.41, 5.74) is 0.630. The van der Waals surface area contributed by atoms with Gasteiger partial charge in [0.15, 0.2) is 0 Å². The molecule has 21 heavy (non-hydrogen) atoms. The van der Waals surface area contributed by atoms with E-state index in [0.717, 1.165) is 18.4 Å². The van der Waals surface area contributed by atoms with E-state index < -0.39 is 15.4 Å². The third-order valence-corrected chi connectivity index (χ3v) is 5.91. The highest BCUT2D eigenvalue weighted by Crippen LogP contribution is 2.43. The predicted molar refractivity (Wildman–Crippen MR) is 82.2 cm³/mol. The van der Waals surface area contributed by atoms with E-state index in [9.17, 15) is 13.7 Å². The Morgan fingerprint density at radius 2 is 1.95 bits per heavy atom. The smallest absolute Gasteiger partial charge is 0.214 e. The van der Waals surface area contributed by atoms with Crippen LogP contribution in [0.2, 0.25) is 0 Å². The summed E-state index contributed by atoms with van der Waals surface area (Å²) >= 11 is 0. The van der Waals surface area contributed by atoms with Gasteiger partial charge in [0, 0.05) is 26.7 Å². The predicted octanol–water partition coefficient (Wildman–Crippen LogP) is 1.09. The second-order valence-corrected chi connectivity index (χ2v) is 8.02. The van der Waals surface area contributed by atoms with Gasteiger partial charge in [-0.25, -0.2) is 12.7 Å². The van der Waals surface area contributed by atoms with Gasteiger partial charge in [-0.15, -0.1) is 0 Å². The number of rotatable bonds is 6. The second kappa shape index (κ2) is 6.14. The van der Waals surface area contributed by atoms with Crippen molar-refractivity contribution in [3.05, 3.63) is 35.9 Å². The zero-order chi connectivity index (χ0) is 15.5.